The van der Waals surface area contributed by atoms with Gasteiger partial charge in [-0.3, -0.25) is 4.72 Å². The van der Waals surface area contributed by atoms with Crippen LogP contribution in [0.5, 0.6) is 0 Å². The molecule has 1 N–H and O–H groups in total. The van der Waals surface area contributed by atoms with Gasteiger partial charge in [-0.05, 0) is 42.3 Å². The van der Waals surface area contributed by atoms with Gasteiger partial charge in [-0.15, -0.1) is 0 Å². The first kappa shape index (κ1) is 18.7. The van der Waals surface area contributed by atoms with E-state index in [2.05, 4.69) is 9.46 Å². The van der Waals surface area contributed by atoms with Crippen LogP contribution in [0.3, 0.4) is 0 Å². The highest BCUT2D eigenvalue weighted by Gasteiger charge is 2.20. The number of methoxy groups -OCH3 is 1. The zero-order valence-corrected chi connectivity index (χ0v) is 15.8. The number of hydrogen-bond acceptors (Lipinski definition) is 4. The molecule has 0 amide bonds. The van der Waals surface area contributed by atoms with Crippen LogP contribution in [0.4, 0.5) is 5.69 Å². The Morgan fingerprint density at radius 2 is 1.59 bits per heavy atom. The van der Waals surface area contributed by atoms with Gasteiger partial charge in [-0.25, -0.2) is 13.2 Å². The molecule has 27 heavy (non-hydrogen) atoms. The lowest BCUT2D eigenvalue weighted by atomic mass is 10.1. The average molecular weight is 381 g/mol. The van der Waals surface area contributed by atoms with Crippen LogP contribution < -0.4 is 4.72 Å². The van der Waals surface area contributed by atoms with Gasteiger partial charge < -0.3 is 4.74 Å². The smallest absolute Gasteiger partial charge is 0.337 e. The fraction of sp³-hybridized carbons (Fsp3) is 0.0952. The van der Waals surface area contributed by atoms with E-state index in [1.807, 2.05) is 30.3 Å². The predicted molar refractivity (Wildman–Crippen MR) is 105 cm³/mol. The molecule has 0 saturated heterocycles. The van der Waals surface area contributed by atoms with Crippen molar-refractivity contribution in [2.75, 3.05) is 11.8 Å². The highest BCUT2D eigenvalue weighted by Crippen LogP contribution is 2.29. The molecule has 0 radical (unpaired) electrons. The van der Waals surface area contributed by atoms with Crippen LogP contribution in [0.15, 0.2) is 77.7 Å². The normalized spacial score (nSPS) is 11.0. The first-order valence-corrected chi connectivity index (χ1v) is 9.77. The zero-order chi connectivity index (χ0) is 19.4. The Morgan fingerprint density at radius 3 is 2.26 bits per heavy atom. The topological polar surface area (TPSA) is 72.5 Å². The molecule has 0 aliphatic carbocycles. The lowest BCUT2D eigenvalue weighted by molar-refractivity contribution is 0.0600. The highest BCUT2D eigenvalue weighted by atomic mass is 32.2. The summed E-state index contributed by atoms with van der Waals surface area (Å²) in [4.78, 5) is 11.8. The number of rotatable bonds is 5. The molecule has 3 aromatic rings. The fourth-order valence-corrected chi connectivity index (χ4v) is 4.14. The molecule has 0 atom stereocenters. The Hall–Kier alpha value is -3.12. The Kier molecular flexibility index (Phi) is 5.28. The summed E-state index contributed by atoms with van der Waals surface area (Å²) in [6, 6.07) is 20.9. The summed E-state index contributed by atoms with van der Waals surface area (Å²) in [6.45, 7) is 1.73. The first-order valence-electron chi connectivity index (χ1n) is 8.28. The maximum Gasteiger partial charge on any atom is 0.337 e. The number of carbonyl (C=O) groups excluding carboxylic acids is 1. The van der Waals surface area contributed by atoms with E-state index in [1.165, 1.54) is 13.2 Å². The summed E-state index contributed by atoms with van der Waals surface area (Å²) >= 11 is 0. The number of carbonyl (C=O) groups is 1. The number of ether oxygens (including phenoxy) is 1. The minimum absolute atomic E-state index is 0.188. The van der Waals surface area contributed by atoms with Crippen LogP contribution in [0.2, 0.25) is 0 Å². The second kappa shape index (κ2) is 7.63. The molecule has 5 nitrogen and oxygen atoms in total. The van der Waals surface area contributed by atoms with E-state index in [1.54, 1.807) is 43.3 Å². The zero-order valence-electron chi connectivity index (χ0n) is 15.0. The van der Waals surface area contributed by atoms with E-state index in [-0.39, 0.29) is 4.90 Å². The van der Waals surface area contributed by atoms with Gasteiger partial charge in [0.05, 0.1) is 23.3 Å². The van der Waals surface area contributed by atoms with Gasteiger partial charge in [0.1, 0.15) is 0 Å². The third kappa shape index (κ3) is 4.01. The molecule has 0 bridgehead atoms. The molecule has 0 heterocycles. The second-order valence-corrected chi connectivity index (χ2v) is 7.64. The summed E-state index contributed by atoms with van der Waals surface area (Å²) in [5, 5.41) is 0. The van der Waals surface area contributed by atoms with Gasteiger partial charge in [-0.1, -0.05) is 48.5 Å². The number of hydrogen-bond donors (Lipinski definition) is 1. The Balaban J connectivity index is 1.99. The molecular formula is C21H19NO4S. The molecule has 0 unspecified atom stereocenters. The van der Waals surface area contributed by atoms with Crippen molar-refractivity contribution in [2.24, 2.45) is 0 Å². The van der Waals surface area contributed by atoms with Crippen LogP contribution in [-0.2, 0) is 14.8 Å². The van der Waals surface area contributed by atoms with Crippen LogP contribution in [0.1, 0.15) is 15.9 Å². The third-order valence-electron chi connectivity index (χ3n) is 4.15. The van der Waals surface area contributed by atoms with Crippen LogP contribution >= 0.6 is 0 Å². The van der Waals surface area contributed by atoms with Gasteiger partial charge in [0.15, 0.2) is 0 Å². The predicted octanol–water partition coefficient (Wildman–Crippen LogP) is 4.25. The lowest BCUT2D eigenvalue weighted by Gasteiger charge is -2.14. The maximum atomic E-state index is 13.0. The monoisotopic (exact) mass is 381 g/mol. The molecular weight excluding hydrogens is 362 g/mol. The molecule has 0 fully saturated rings. The SMILES string of the molecule is COC(=O)c1ccc(NS(=O)(=O)c2ccccc2-c2ccccc2)c(C)c1. The van der Waals surface area contributed by atoms with Crippen LogP contribution in [0, 0.1) is 6.92 Å². The first-order chi connectivity index (χ1) is 12.9. The summed E-state index contributed by atoms with van der Waals surface area (Å²) in [5.41, 5.74) is 2.83. The van der Waals surface area contributed by atoms with Gasteiger partial charge in [0.25, 0.3) is 10.0 Å². The van der Waals surface area contributed by atoms with E-state index in [0.29, 0.717) is 22.4 Å². The van der Waals surface area contributed by atoms with E-state index < -0.39 is 16.0 Å². The largest absolute Gasteiger partial charge is 0.465 e. The average Bonchev–Trinajstić information content (AvgIpc) is 2.69. The number of aryl methyl sites for hydroxylation is 1. The maximum absolute atomic E-state index is 13.0. The van der Waals surface area contributed by atoms with E-state index >= 15 is 0 Å². The van der Waals surface area contributed by atoms with Crippen molar-refractivity contribution in [3.8, 4) is 11.1 Å². The Morgan fingerprint density at radius 1 is 0.926 bits per heavy atom. The third-order valence-corrected chi connectivity index (χ3v) is 5.58. The summed E-state index contributed by atoms with van der Waals surface area (Å²) in [7, 11) is -2.52. The molecule has 0 aromatic heterocycles. The molecule has 0 aliphatic heterocycles. The Bertz CT molecular complexity index is 1080. The molecule has 6 heteroatoms. The molecule has 0 spiro atoms. The van der Waals surface area contributed by atoms with Crippen molar-refractivity contribution in [2.45, 2.75) is 11.8 Å². The molecule has 3 aromatic carbocycles. The van der Waals surface area contributed by atoms with Gasteiger partial charge in [0, 0.05) is 5.56 Å². The molecule has 0 saturated carbocycles. The number of sulfonamides is 1. The van der Waals surface area contributed by atoms with E-state index in [9.17, 15) is 13.2 Å². The number of benzene rings is 3. The number of esters is 1. The van der Waals surface area contributed by atoms with Crippen molar-refractivity contribution in [1.82, 2.24) is 0 Å². The van der Waals surface area contributed by atoms with Gasteiger partial charge >= 0.3 is 5.97 Å². The summed E-state index contributed by atoms with van der Waals surface area (Å²) in [5.74, 6) is -0.470. The highest BCUT2D eigenvalue weighted by molar-refractivity contribution is 7.92. The van der Waals surface area contributed by atoms with Gasteiger partial charge in [-0.2, -0.15) is 0 Å². The number of anilines is 1. The fourth-order valence-electron chi connectivity index (χ4n) is 2.78. The van der Waals surface area contributed by atoms with Crippen molar-refractivity contribution in [1.29, 1.82) is 0 Å². The van der Waals surface area contributed by atoms with Crippen molar-refractivity contribution in [3.05, 3.63) is 83.9 Å². The molecule has 138 valence electrons. The van der Waals surface area contributed by atoms with E-state index in [0.717, 1.165) is 5.56 Å². The number of nitrogens with one attached hydrogen (secondary N) is 1. The quantitative estimate of drug-likeness (QED) is 0.671. The standard InChI is InChI=1S/C21H19NO4S/c1-15-14-17(21(23)26-2)12-13-19(15)22-27(24,25)20-11-7-6-10-18(20)16-8-4-3-5-9-16/h3-14,22H,1-2H3. The molecule has 3 rings (SSSR count). The Labute approximate surface area is 158 Å². The van der Waals surface area contributed by atoms with Crippen LogP contribution in [-0.4, -0.2) is 21.5 Å². The summed E-state index contributed by atoms with van der Waals surface area (Å²) in [6.07, 6.45) is 0. The van der Waals surface area contributed by atoms with Crippen molar-refractivity contribution >= 4 is 21.7 Å². The van der Waals surface area contributed by atoms with Crippen LogP contribution in [0.25, 0.3) is 11.1 Å². The second-order valence-electron chi connectivity index (χ2n) is 5.99. The van der Waals surface area contributed by atoms with Crippen molar-refractivity contribution < 1.29 is 17.9 Å². The van der Waals surface area contributed by atoms with Crippen molar-refractivity contribution in [3.63, 3.8) is 0 Å². The van der Waals surface area contributed by atoms with Gasteiger partial charge in [0.2, 0.25) is 0 Å². The lowest BCUT2D eigenvalue weighted by Crippen LogP contribution is -2.15. The minimum Gasteiger partial charge on any atom is -0.465 e. The minimum atomic E-state index is -3.82. The molecule has 0 aliphatic rings. The summed E-state index contributed by atoms with van der Waals surface area (Å²) < 4.78 is 33.3. The van der Waals surface area contributed by atoms with E-state index in [4.69, 9.17) is 0 Å².